The van der Waals surface area contributed by atoms with Crippen LogP contribution in [0, 0.1) is 0 Å². The summed E-state index contributed by atoms with van der Waals surface area (Å²) < 4.78 is 1.15. The van der Waals surface area contributed by atoms with Gasteiger partial charge in [-0.3, -0.25) is 0 Å². The van der Waals surface area contributed by atoms with Gasteiger partial charge in [0.1, 0.15) is 16.5 Å². The van der Waals surface area contributed by atoms with Gasteiger partial charge in [0.2, 0.25) is 0 Å². The van der Waals surface area contributed by atoms with Crippen LogP contribution in [0.2, 0.25) is 0 Å². The fourth-order valence-electron chi connectivity index (χ4n) is 1.35. The van der Waals surface area contributed by atoms with Crippen LogP contribution in [-0.4, -0.2) is 21.5 Å². The van der Waals surface area contributed by atoms with Crippen molar-refractivity contribution < 1.29 is 0 Å². The van der Waals surface area contributed by atoms with E-state index in [2.05, 4.69) is 43.3 Å². The Morgan fingerprint density at radius 2 is 2.22 bits per heavy atom. The highest BCUT2D eigenvalue weighted by Gasteiger charge is 2.01. The molecule has 3 N–H and O–H groups in total. The molecule has 0 bridgehead atoms. The number of rotatable bonds is 5. The Morgan fingerprint density at radius 1 is 1.39 bits per heavy atom. The Kier molecular flexibility index (Phi) is 4.62. The van der Waals surface area contributed by atoms with Gasteiger partial charge in [-0.1, -0.05) is 12.2 Å². The molecule has 0 aromatic carbocycles. The lowest BCUT2D eigenvalue weighted by Crippen LogP contribution is -2.13. The molecule has 0 aliphatic rings. The quantitative estimate of drug-likeness (QED) is 0.817. The molecule has 2 heterocycles. The normalized spacial score (nSPS) is 10.3. The minimum absolute atomic E-state index is 0.262. The van der Waals surface area contributed by atoms with Gasteiger partial charge in [-0.2, -0.15) is 0 Å². The highest BCUT2D eigenvalue weighted by atomic mass is 79.9. The van der Waals surface area contributed by atoms with Crippen LogP contribution in [0.4, 0.5) is 5.82 Å². The number of hydrogen-bond acceptors (Lipinski definition) is 5. The lowest BCUT2D eigenvalue weighted by atomic mass is 10.3. The summed E-state index contributed by atoms with van der Waals surface area (Å²) in [5.41, 5.74) is 5.99. The van der Waals surface area contributed by atoms with Gasteiger partial charge in [-0.05, 0) is 34.5 Å². The van der Waals surface area contributed by atoms with E-state index in [4.69, 9.17) is 18.0 Å². The summed E-state index contributed by atoms with van der Waals surface area (Å²) >= 11 is 9.99. The van der Waals surface area contributed by atoms with E-state index in [9.17, 15) is 0 Å². The van der Waals surface area contributed by atoms with E-state index in [1.165, 1.54) is 4.88 Å². The molecule has 0 radical (unpaired) electrons. The Morgan fingerprint density at radius 3 is 2.78 bits per heavy atom. The van der Waals surface area contributed by atoms with E-state index in [0.717, 1.165) is 22.6 Å². The first-order valence-corrected chi connectivity index (χ1v) is 7.27. The monoisotopic (exact) mass is 342 g/mol. The maximum atomic E-state index is 5.45. The first kappa shape index (κ1) is 13.4. The van der Waals surface area contributed by atoms with E-state index in [0.29, 0.717) is 5.69 Å². The van der Waals surface area contributed by atoms with Crippen LogP contribution in [0.3, 0.4) is 0 Å². The highest BCUT2D eigenvalue weighted by Crippen LogP contribution is 2.22. The number of thiophene rings is 1. The molecule has 0 amide bonds. The van der Waals surface area contributed by atoms with Crippen LogP contribution < -0.4 is 11.1 Å². The molecule has 4 nitrogen and oxygen atoms in total. The second kappa shape index (κ2) is 6.21. The number of anilines is 1. The predicted molar refractivity (Wildman–Crippen MR) is 82.1 cm³/mol. The molecule has 0 fully saturated rings. The van der Waals surface area contributed by atoms with E-state index < -0.39 is 0 Å². The van der Waals surface area contributed by atoms with Crippen LogP contribution in [0.25, 0.3) is 0 Å². The maximum absolute atomic E-state index is 5.45. The zero-order chi connectivity index (χ0) is 13.0. The molecule has 0 atom stereocenters. The molecule has 0 spiro atoms. The van der Waals surface area contributed by atoms with Crippen LogP contribution >= 0.6 is 39.5 Å². The average Bonchev–Trinajstić information content (AvgIpc) is 2.76. The summed E-state index contributed by atoms with van der Waals surface area (Å²) in [7, 11) is 0. The first-order valence-electron chi connectivity index (χ1n) is 5.25. The van der Waals surface area contributed by atoms with Crippen molar-refractivity contribution in [1.29, 1.82) is 0 Å². The second-order valence-electron chi connectivity index (χ2n) is 3.53. The van der Waals surface area contributed by atoms with Crippen molar-refractivity contribution in [3.8, 4) is 0 Å². The maximum Gasteiger partial charge on any atom is 0.144 e. The molecule has 18 heavy (non-hydrogen) atoms. The Balaban J connectivity index is 1.85. The SMILES string of the molecule is NC(=S)c1cnc(NCCc2ccc(Br)s2)cn1. The molecule has 0 saturated heterocycles. The van der Waals surface area contributed by atoms with Crippen molar-refractivity contribution in [3.63, 3.8) is 0 Å². The van der Waals surface area contributed by atoms with Crippen LogP contribution in [0.5, 0.6) is 0 Å². The summed E-state index contributed by atoms with van der Waals surface area (Å²) in [4.78, 5) is 9.88. The number of thiocarbonyl (C=S) groups is 1. The summed E-state index contributed by atoms with van der Waals surface area (Å²) in [6.07, 6.45) is 4.17. The average molecular weight is 343 g/mol. The topological polar surface area (TPSA) is 63.8 Å². The lowest BCUT2D eigenvalue weighted by molar-refractivity contribution is 1.02. The standard InChI is InChI=1S/C11H11BrN4S2/c12-9-2-1-7(18-9)3-4-14-10-6-15-8(5-16-10)11(13)17/h1-2,5-6H,3-4H2,(H2,13,17)(H,14,16). The van der Waals surface area contributed by atoms with E-state index in [1.807, 2.05) is 0 Å². The number of nitrogens with two attached hydrogens (primary N) is 1. The molecule has 0 saturated carbocycles. The third kappa shape index (κ3) is 3.72. The molecule has 0 aliphatic heterocycles. The van der Waals surface area contributed by atoms with E-state index in [1.54, 1.807) is 23.7 Å². The third-order valence-corrected chi connectivity index (χ3v) is 4.10. The Bertz CT molecular complexity index is 538. The number of hydrogen-bond donors (Lipinski definition) is 2. The fourth-order valence-corrected chi connectivity index (χ4v) is 2.93. The summed E-state index contributed by atoms with van der Waals surface area (Å²) in [5.74, 6) is 0.727. The first-order chi connectivity index (χ1) is 8.65. The molecule has 7 heteroatoms. The zero-order valence-corrected chi connectivity index (χ0v) is 12.6. The molecule has 0 unspecified atom stereocenters. The van der Waals surface area contributed by atoms with Gasteiger partial charge in [0.05, 0.1) is 16.2 Å². The van der Waals surface area contributed by atoms with Crippen LogP contribution in [0.15, 0.2) is 28.3 Å². The summed E-state index contributed by atoms with van der Waals surface area (Å²) in [5, 5.41) is 3.20. The van der Waals surface area contributed by atoms with Gasteiger partial charge in [0.25, 0.3) is 0 Å². The molecule has 94 valence electrons. The summed E-state index contributed by atoms with van der Waals surface area (Å²) in [6.45, 7) is 0.814. The van der Waals surface area contributed by atoms with Crippen molar-refractivity contribution >= 4 is 50.3 Å². The van der Waals surface area contributed by atoms with Gasteiger partial charge in [-0.25, -0.2) is 9.97 Å². The van der Waals surface area contributed by atoms with Crippen molar-refractivity contribution in [2.24, 2.45) is 5.73 Å². The van der Waals surface area contributed by atoms with E-state index in [-0.39, 0.29) is 4.99 Å². The largest absolute Gasteiger partial charge is 0.388 e. The van der Waals surface area contributed by atoms with Crippen LogP contribution in [0.1, 0.15) is 10.6 Å². The molecular weight excluding hydrogens is 332 g/mol. The third-order valence-electron chi connectivity index (χ3n) is 2.21. The highest BCUT2D eigenvalue weighted by molar-refractivity contribution is 9.11. The van der Waals surface area contributed by atoms with Crippen molar-refractivity contribution in [2.75, 3.05) is 11.9 Å². The van der Waals surface area contributed by atoms with Gasteiger partial charge >= 0.3 is 0 Å². The van der Waals surface area contributed by atoms with Crippen molar-refractivity contribution in [2.45, 2.75) is 6.42 Å². The molecular formula is C11H11BrN4S2. The number of aromatic nitrogens is 2. The van der Waals surface area contributed by atoms with E-state index >= 15 is 0 Å². The molecule has 2 rings (SSSR count). The minimum Gasteiger partial charge on any atom is -0.388 e. The number of nitrogens with one attached hydrogen (secondary N) is 1. The van der Waals surface area contributed by atoms with Crippen molar-refractivity contribution in [1.82, 2.24) is 9.97 Å². The van der Waals surface area contributed by atoms with Crippen LogP contribution in [-0.2, 0) is 6.42 Å². The number of halogens is 1. The lowest BCUT2D eigenvalue weighted by Gasteiger charge is -2.04. The smallest absolute Gasteiger partial charge is 0.144 e. The van der Waals surface area contributed by atoms with Crippen molar-refractivity contribution in [3.05, 3.63) is 38.9 Å². The van der Waals surface area contributed by atoms with Gasteiger partial charge in [0.15, 0.2) is 0 Å². The second-order valence-corrected chi connectivity index (χ2v) is 6.52. The van der Waals surface area contributed by atoms with Gasteiger partial charge in [-0.15, -0.1) is 11.3 Å². The van der Waals surface area contributed by atoms with Gasteiger partial charge < -0.3 is 11.1 Å². The summed E-state index contributed by atoms with van der Waals surface area (Å²) in [6, 6.07) is 4.16. The predicted octanol–water partition coefficient (Wildman–Crippen LogP) is 2.59. The number of nitrogens with zero attached hydrogens (tertiary/aromatic N) is 2. The zero-order valence-electron chi connectivity index (χ0n) is 9.39. The minimum atomic E-state index is 0.262. The fraction of sp³-hybridized carbons (Fsp3) is 0.182. The molecule has 0 aliphatic carbocycles. The molecule has 2 aromatic heterocycles. The Hall–Kier alpha value is -1.05. The van der Waals surface area contributed by atoms with Gasteiger partial charge in [0, 0.05) is 11.4 Å². The molecule has 2 aromatic rings. The Labute approximate surface area is 123 Å².